The summed E-state index contributed by atoms with van der Waals surface area (Å²) in [6, 6.07) is 7.39. The van der Waals surface area contributed by atoms with Crippen molar-refractivity contribution in [3.63, 3.8) is 0 Å². The van der Waals surface area contributed by atoms with Gasteiger partial charge in [-0.25, -0.2) is 0 Å². The van der Waals surface area contributed by atoms with Crippen molar-refractivity contribution in [2.75, 3.05) is 0 Å². The van der Waals surface area contributed by atoms with Crippen LogP contribution in [0.15, 0.2) is 28.7 Å². The van der Waals surface area contributed by atoms with E-state index < -0.39 is 12.0 Å². The van der Waals surface area contributed by atoms with E-state index >= 15 is 0 Å². The molecule has 1 aromatic carbocycles. The number of halogens is 1. The quantitative estimate of drug-likeness (QED) is 0.849. The fourth-order valence-corrected chi connectivity index (χ4v) is 1.85. The first kappa shape index (κ1) is 14.2. The highest BCUT2D eigenvalue weighted by molar-refractivity contribution is 9.10. The van der Waals surface area contributed by atoms with Crippen LogP contribution in [0.1, 0.15) is 25.8 Å². The zero-order valence-electron chi connectivity index (χ0n) is 10.1. The van der Waals surface area contributed by atoms with Gasteiger partial charge in [0.2, 0.25) is 0 Å². The Morgan fingerprint density at radius 1 is 1.35 bits per heavy atom. The number of hydrogen-bond donors (Lipinski definition) is 2. The third-order valence-electron chi connectivity index (χ3n) is 2.47. The summed E-state index contributed by atoms with van der Waals surface area (Å²) in [5.74, 6) is -0.413. The van der Waals surface area contributed by atoms with Crippen molar-refractivity contribution in [2.24, 2.45) is 5.92 Å². The molecule has 0 radical (unpaired) electrons. The number of carbonyl (C=O) groups is 1. The molecule has 0 aliphatic rings. The molecule has 0 spiro atoms. The molecule has 0 aromatic heterocycles. The van der Waals surface area contributed by atoms with Crippen LogP contribution in [0.25, 0.3) is 0 Å². The van der Waals surface area contributed by atoms with Crippen LogP contribution in [0.3, 0.4) is 0 Å². The van der Waals surface area contributed by atoms with Crippen molar-refractivity contribution < 1.29 is 9.90 Å². The molecule has 1 rings (SSSR count). The average Bonchev–Trinajstić information content (AvgIpc) is 2.25. The Kier molecular flexibility index (Phi) is 5.65. The highest BCUT2D eigenvalue weighted by Crippen LogP contribution is 2.11. The summed E-state index contributed by atoms with van der Waals surface area (Å²) in [6.45, 7) is 4.63. The van der Waals surface area contributed by atoms with Gasteiger partial charge in [-0.05, 0) is 30.0 Å². The molecule has 0 heterocycles. The van der Waals surface area contributed by atoms with Gasteiger partial charge in [0.15, 0.2) is 0 Å². The second-order valence-corrected chi connectivity index (χ2v) is 5.44. The third-order valence-corrected chi connectivity index (χ3v) is 3.00. The molecule has 0 fully saturated rings. The largest absolute Gasteiger partial charge is 0.480 e. The molecule has 17 heavy (non-hydrogen) atoms. The van der Waals surface area contributed by atoms with Crippen molar-refractivity contribution in [1.82, 2.24) is 5.32 Å². The first-order valence-electron chi connectivity index (χ1n) is 5.69. The Balaban J connectivity index is 2.51. The predicted molar refractivity (Wildman–Crippen MR) is 71.9 cm³/mol. The van der Waals surface area contributed by atoms with Gasteiger partial charge in [0.05, 0.1) is 0 Å². The standard InChI is InChI=1S/C13H18BrNO2/c1-9(2)7-12(13(16)17)15-8-10-3-5-11(14)6-4-10/h3-6,9,12,15H,7-8H2,1-2H3,(H,16,17)/t12-/m1/s1. The molecule has 0 bridgehead atoms. The van der Waals surface area contributed by atoms with E-state index in [1.54, 1.807) is 0 Å². The lowest BCUT2D eigenvalue weighted by molar-refractivity contribution is -0.140. The molecule has 94 valence electrons. The van der Waals surface area contributed by atoms with Gasteiger partial charge in [-0.2, -0.15) is 0 Å². The third kappa shape index (κ3) is 5.33. The van der Waals surface area contributed by atoms with Gasteiger partial charge in [0.25, 0.3) is 0 Å². The Morgan fingerprint density at radius 3 is 2.41 bits per heavy atom. The van der Waals surface area contributed by atoms with Crippen LogP contribution in [0, 0.1) is 5.92 Å². The maximum absolute atomic E-state index is 11.0. The summed E-state index contributed by atoms with van der Waals surface area (Å²) in [5.41, 5.74) is 1.09. The molecular formula is C13H18BrNO2. The molecule has 0 saturated heterocycles. The van der Waals surface area contributed by atoms with E-state index in [4.69, 9.17) is 5.11 Å². The molecule has 3 nitrogen and oxygen atoms in total. The fraction of sp³-hybridized carbons (Fsp3) is 0.462. The highest BCUT2D eigenvalue weighted by Gasteiger charge is 2.17. The predicted octanol–water partition coefficient (Wildman–Crippen LogP) is 3.04. The summed E-state index contributed by atoms with van der Waals surface area (Å²) >= 11 is 3.37. The molecule has 4 heteroatoms. The smallest absolute Gasteiger partial charge is 0.320 e. The van der Waals surface area contributed by atoms with Gasteiger partial charge in [0, 0.05) is 11.0 Å². The molecule has 0 unspecified atom stereocenters. The van der Waals surface area contributed by atoms with Crippen molar-refractivity contribution in [1.29, 1.82) is 0 Å². The van der Waals surface area contributed by atoms with Gasteiger partial charge >= 0.3 is 5.97 Å². The fourth-order valence-electron chi connectivity index (χ4n) is 1.59. The van der Waals surface area contributed by atoms with Crippen molar-refractivity contribution in [3.8, 4) is 0 Å². The normalized spacial score (nSPS) is 12.7. The van der Waals surface area contributed by atoms with E-state index in [1.807, 2.05) is 38.1 Å². The van der Waals surface area contributed by atoms with E-state index in [0.29, 0.717) is 18.9 Å². The van der Waals surface area contributed by atoms with Crippen molar-refractivity contribution in [3.05, 3.63) is 34.3 Å². The summed E-state index contributed by atoms with van der Waals surface area (Å²) in [6.07, 6.45) is 0.645. The number of carboxylic acids is 1. The Labute approximate surface area is 110 Å². The number of aliphatic carboxylic acids is 1. The highest BCUT2D eigenvalue weighted by atomic mass is 79.9. The monoisotopic (exact) mass is 299 g/mol. The van der Waals surface area contributed by atoms with E-state index in [2.05, 4.69) is 21.2 Å². The molecule has 0 saturated carbocycles. The lowest BCUT2D eigenvalue weighted by atomic mass is 10.0. The minimum absolute atomic E-state index is 0.369. The van der Waals surface area contributed by atoms with Gasteiger partial charge < -0.3 is 10.4 Å². The molecule has 0 aliphatic carbocycles. The number of benzene rings is 1. The van der Waals surface area contributed by atoms with Crippen LogP contribution in [-0.4, -0.2) is 17.1 Å². The number of rotatable bonds is 6. The van der Waals surface area contributed by atoms with E-state index in [1.165, 1.54) is 0 Å². The lowest BCUT2D eigenvalue weighted by Gasteiger charge is -2.16. The van der Waals surface area contributed by atoms with Crippen molar-refractivity contribution >= 4 is 21.9 Å². The summed E-state index contributed by atoms with van der Waals surface area (Å²) in [5, 5.41) is 12.1. The maximum atomic E-state index is 11.0. The minimum Gasteiger partial charge on any atom is -0.480 e. The Hall–Kier alpha value is -0.870. The Bertz CT molecular complexity index is 362. The summed E-state index contributed by atoms with van der Waals surface area (Å²) < 4.78 is 1.03. The zero-order valence-corrected chi connectivity index (χ0v) is 11.7. The average molecular weight is 300 g/mol. The number of nitrogens with one attached hydrogen (secondary N) is 1. The topological polar surface area (TPSA) is 49.3 Å². The van der Waals surface area contributed by atoms with Crippen LogP contribution in [-0.2, 0) is 11.3 Å². The SMILES string of the molecule is CC(C)C[C@@H](NCc1ccc(Br)cc1)C(=O)O. The summed E-state index contributed by atoms with van der Waals surface area (Å²) in [7, 11) is 0. The Morgan fingerprint density at radius 2 is 1.94 bits per heavy atom. The first-order chi connectivity index (χ1) is 7.99. The van der Waals surface area contributed by atoms with Gasteiger partial charge in [-0.3, -0.25) is 4.79 Å². The maximum Gasteiger partial charge on any atom is 0.320 e. The first-order valence-corrected chi connectivity index (χ1v) is 6.49. The van der Waals surface area contributed by atoms with Gasteiger partial charge in [-0.15, -0.1) is 0 Å². The van der Waals surface area contributed by atoms with Gasteiger partial charge in [0.1, 0.15) is 6.04 Å². The van der Waals surface area contributed by atoms with E-state index in [9.17, 15) is 4.79 Å². The second-order valence-electron chi connectivity index (χ2n) is 4.53. The minimum atomic E-state index is -0.782. The number of hydrogen-bond acceptors (Lipinski definition) is 2. The van der Waals surface area contributed by atoms with Crippen LogP contribution in [0.5, 0.6) is 0 Å². The van der Waals surface area contributed by atoms with Crippen molar-refractivity contribution in [2.45, 2.75) is 32.9 Å². The van der Waals surface area contributed by atoms with Gasteiger partial charge in [-0.1, -0.05) is 41.9 Å². The zero-order chi connectivity index (χ0) is 12.8. The molecule has 1 aromatic rings. The van der Waals surface area contributed by atoms with Crippen LogP contribution in [0.2, 0.25) is 0 Å². The molecule has 0 aliphatic heterocycles. The lowest BCUT2D eigenvalue weighted by Crippen LogP contribution is -2.37. The van der Waals surface area contributed by atoms with E-state index in [-0.39, 0.29) is 0 Å². The van der Waals surface area contributed by atoms with Crippen LogP contribution < -0.4 is 5.32 Å². The molecule has 0 amide bonds. The van der Waals surface area contributed by atoms with Crippen LogP contribution in [0.4, 0.5) is 0 Å². The molecule has 1 atom stereocenters. The molecular weight excluding hydrogens is 282 g/mol. The van der Waals surface area contributed by atoms with Crippen LogP contribution >= 0.6 is 15.9 Å². The number of carboxylic acid groups (broad SMARTS) is 1. The second kappa shape index (κ2) is 6.77. The van der Waals surface area contributed by atoms with E-state index in [0.717, 1.165) is 10.0 Å². The molecule has 2 N–H and O–H groups in total. The summed E-state index contributed by atoms with van der Waals surface area (Å²) in [4.78, 5) is 11.0.